The van der Waals surface area contributed by atoms with Gasteiger partial charge in [-0.2, -0.15) is 17.5 Å². The van der Waals surface area contributed by atoms with Crippen LogP contribution in [-0.4, -0.2) is 25.4 Å². The van der Waals surface area contributed by atoms with E-state index in [2.05, 4.69) is 135 Å². The minimum atomic E-state index is 0. The second kappa shape index (κ2) is 28.2. The van der Waals surface area contributed by atoms with Gasteiger partial charge in [0.05, 0.1) is 54.9 Å². The van der Waals surface area contributed by atoms with Gasteiger partial charge in [-0.15, -0.1) is 56.7 Å². The highest BCUT2D eigenvalue weighted by Crippen LogP contribution is 2.56. The van der Waals surface area contributed by atoms with Gasteiger partial charge in [0.15, 0.2) is 0 Å². The fourth-order valence-corrected chi connectivity index (χ4v) is 15.4. The molecule has 7 aromatic heterocycles. The molecule has 0 N–H and O–H groups in total. The van der Waals surface area contributed by atoms with Gasteiger partial charge in [-0.1, -0.05) is 112 Å². The van der Waals surface area contributed by atoms with Crippen molar-refractivity contribution in [3.63, 3.8) is 0 Å². The number of nitrogens with zero attached hydrogens (tertiary/aromatic N) is 8. The molecular weight excluding hydrogens is 1060 g/mol. The first-order chi connectivity index (χ1) is 35.1. The van der Waals surface area contributed by atoms with Crippen molar-refractivity contribution >= 4 is 113 Å². The highest BCUT2D eigenvalue weighted by Gasteiger charge is 2.26. The number of benzene rings is 2. The summed E-state index contributed by atoms with van der Waals surface area (Å²) in [6.07, 6.45) is 17.5. The van der Waals surface area contributed by atoms with E-state index >= 15 is 0 Å². The zero-order valence-corrected chi connectivity index (χ0v) is 48.5. The van der Waals surface area contributed by atoms with Gasteiger partial charge in [0.2, 0.25) is 0 Å². The van der Waals surface area contributed by atoms with Crippen LogP contribution < -0.4 is 10.7 Å². The highest BCUT2D eigenvalue weighted by molar-refractivity contribution is 7.58. The standard InChI is InChI=1S/C34H44N4S3.C14H10N2S4.C9H10N2.3CH4/c1-5-7-9-11-13-15-17-25-26(18-16-14-12-10-8-6-2)36-32-30(28-22-20-24(4)40-28)34-33(37-41-38-34)29(31(32)35-25)27-21-19-23(3)39-27;1-7-3-5-9(17-7)13-11-12(16-20-15-11)14(19-13)10-6-4-8(2)18-10;1-6-3-4-7(2)9-8(6)10-5-11-9;;;/h19-22H,5-18H2,1-4H3;3-6H,1-2H3;3-4H,5H2,1-2H3;3*1H4. The van der Waals surface area contributed by atoms with Crippen molar-refractivity contribution in [1.82, 2.24) is 18.7 Å². The fraction of sp³-hybridized carbons (Fsp3) is 0.433. The summed E-state index contributed by atoms with van der Waals surface area (Å²) in [6.45, 7) is 17.9. The SMILES string of the molecule is C.C.C.CCCCCCCCc1nc2c(-c3ccc(C)s3)c3nsnc3c(-c3ccc(C)s3)c2nc1CCCCCCCC.Cc1ccc(-c2sc(-c3ccc(C)s3)c3c2N=S=N3)s1.Cc1ccc(C)c2c1=NCN=2. The summed E-state index contributed by atoms with van der Waals surface area (Å²) in [7, 11) is 0. The lowest BCUT2D eigenvalue weighted by Crippen LogP contribution is -2.26. The van der Waals surface area contributed by atoms with Crippen molar-refractivity contribution < 1.29 is 0 Å². The molecule has 0 saturated heterocycles. The van der Waals surface area contributed by atoms with Crippen molar-refractivity contribution in [2.24, 2.45) is 18.7 Å². The molecular formula is C60H76N8S7. The Labute approximate surface area is 474 Å². The second-order valence-electron chi connectivity index (χ2n) is 18.8. The van der Waals surface area contributed by atoms with Gasteiger partial charge in [-0.25, -0.2) is 9.97 Å². The van der Waals surface area contributed by atoms with Gasteiger partial charge < -0.3 is 0 Å². The van der Waals surface area contributed by atoms with Crippen molar-refractivity contribution in [1.29, 1.82) is 0 Å². The van der Waals surface area contributed by atoms with E-state index in [0.717, 1.165) is 68.1 Å². The Hall–Kier alpha value is -4.48. The Morgan fingerprint density at radius 2 is 0.787 bits per heavy atom. The molecule has 2 aromatic carbocycles. The summed E-state index contributed by atoms with van der Waals surface area (Å²) in [5, 5.41) is 2.18. The Morgan fingerprint density at radius 1 is 0.413 bits per heavy atom. The number of thiophene rings is 5. The summed E-state index contributed by atoms with van der Waals surface area (Å²) in [5.41, 5.74) is 13.1. The average Bonchev–Trinajstić information content (AvgIpc) is 4.22. The zero-order chi connectivity index (χ0) is 50.1. The average molecular weight is 1130 g/mol. The van der Waals surface area contributed by atoms with Gasteiger partial charge >= 0.3 is 0 Å². The van der Waals surface area contributed by atoms with E-state index in [-0.39, 0.29) is 22.3 Å². The third kappa shape index (κ3) is 14.0. The monoisotopic (exact) mass is 1130 g/mol. The number of hydrogen-bond acceptors (Lipinski definition) is 14. The molecule has 75 heavy (non-hydrogen) atoms. The topological polar surface area (TPSA) is 101 Å². The van der Waals surface area contributed by atoms with Crippen LogP contribution in [0.15, 0.2) is 79.4 Å². The first kappa shape index (κ1) is 59.8. The lowest BCUT2D eigenvalue weighted by atomic mass is 9.99. The fourth-order valence-electron chi connectivity index (χ4n) is 9.23. The molecule has 11 rings (SSSR count). The van der Waals surface area contributed by atoms with Crippen LogP contribution in [0.3, 0.4) is 0 Å². The largest absolute Gasteiger partial charge is 0.259 e. The molecule has 8 nitrogen and oxygen atoms in total. The molecule has 0 fully saturated rings. The van der Waals surface area contributed by atoms with E-state index in [1.54, 1.807) is 0 Å². The maximum atomic E-state index is 5.53. The summed E-state index contributed by atoms with van der Waals surface area (Å²) in [6, 6.07) is 21.8. The van der Waals surface area contributed by atoms with E-state index in [9.17, 15) is 0 Å². The smallest absolute Gasteiger partial charge is 0.130 e. The van der Waals surface area contributed by atoms with Gasteiger partial charge in [0.25, 0.3) is 0 Å². The molecule has 9 aromatic rings. The Bertz CT molecular complexity index is 3300. The maximum Gasteiger partial charge on any atom is 0.130 e. The molecule has 15 heteroatoms. The van der Waals surface area contributed by atoms with E-state index in [1.165, 1.54) is 171 Å². The van der Waals surface area contributed by atoms with E-state index in [4.69, 9.17) is 18.7 Å². The molecule has 0 aliphatic carbocycles. The highest BCUT2D eigenvalue weighted by atomic mass is 32.1. The minimum absolute atomic E-state index is 0. The van der Waals surface area contributed by atoms with Gasteiger partial charge in [-0.3, -0.25) is 9.98 Å². The van der Waals surface area contributed by atoms with Crippen molar-refractivity contribution in [2.75, 3.05) is 6.67 Å². The first-order valence-electron chi connectivity index (χ1n) is 25.6. The van der Waals surface area contributed by atoms with E-state index < -0.39 is 0 Å². The van der Waals surface area contributed by atoms with E-state index in [0.29, 0.717) is 6.67 Å². The van der Waals surface area contributed by atoms with Crippen molar-refractivity contribution in [2.45, 2.75) is 168 Å². The van der Waals surface area contributed by atoms with Crippen LogP contribution in [-0.2, 0) is 24.2 Å². The number of rotatable bonds is 18. The summed E-state index contributed by atoms with van der Waals surface area (Å²) >= 11 is 11.7. The Kier molecular flexibility index (Phi) is 22.5. The number of aromatic nitrogens is 4. The van der Waals surface area contributed by atoms with Crippen LogP contribution in [0, 0.1) is 41.5 Å². The van der Waals surface area contributed by atoms with Crippen LogP contribution >= 0.6 is 68.4 Å². The first-order valence-corrected chi connectivity index (χ1v) is 31.1. The molecule has 0 bridgehead atoms. The summed E-state index contributed by atoms with van der Waals surface area (Å²) < 4.78 is 18.7. The number of aryl methyl sites for hydroxylation is 8. The molecule has 0 radical (unpaired) electrons. The van der Waals surface area contributed by atoms with Crippen LogP contribution in [0.25, 0.3) is 62.5 Å². The zero-order valence-electron chi connectivity index (χ0n) is 42.8. The normalized spacial score (nSPS) is 11.8. The predicted octanol–water partition coefficient (Wildman–Crippen LogP) is 20.5. The molecule has 0 unspecified atom stereocenters. The Balaban J connectivity index is 0.000000220. The van der Waals surface area contributed by atoms with Gasteiger partial charge in [0, 0.05) is 50.1 Å². The lowest BCUT2D eigenvalue weighted by molar-refractivity contribution is 0.593. The van der Waals surface area contributed by atoms with Gasteiger partial charge in [-0.05, 0) is 127 Å². The molecule has 0 atom stereocenters. The second-order valence-corrected chi connectivity index (χ2v) is 26.0. The van der Waals surface area contributed by atoms with Crippen LogP contribution in [0.4, 0.5) is 11.4 Å². The molecule has 2 aliphatic heterocycles. The molecule has 398 valence electrons. The molecule has 0 saturated carbocycles. The molecule has 2 aliphatic rings. The quantitative estimate of drug-likeness (QED) is 0.0799. The molecule has 0 amide bonds. The van der Waals surface area contributed by atoms with E-state index in [1.807, 2.05) is 56.7 Å². The number of unbranched alkanes of at least 4 members (excludes halogenated alkanes) is 10. The summed E-state index contributed by atoms with van der Waals surface area (Å²) in [5.74, 6) is 0. The van der Waals surface area contributed by atoms with Crippen molar-refractivity contribution in [3.8, 4) is 40.4 Å². The maximum absolute atomic E-state index is 5.53. The predicted molar refractivity (Wildman–Crippen MR) is 336 cm³/mol. The molecule has 9 heterocycles. The van der Waals surface area contributed by atoms with Crippen LogP contribution in [0.1, 0.15) is 155 Å². The number of fused-ring (bicyclic) bond motifs is 4. The molecule has 0 spiro atoms. The summed E-state index contributed by atoms with van der Waals surface area (Å²) in [4.78, 5) is 32.4. The minimum Gasteiger partial charge on any atom is -0.259 e. The number of hydrogen-bond donors (Lipinski definition) is 0. The lowest BCUT2D eigenvalue weighted by Gasteiger charge is -2.15. The van der Waals surface area contributed by atoms with Gasteiger partial charge in [0.1, 0.15) is 40.1 Å². The third-order valence-electron chi connectivity index (χ3n) is 13.1. The third-order valence-corrected chi connectivity index (χ3v) is 19.7. The van der Waals surface area contributed by atoms with Crippen LogP contribution in [0.2, 0.25) is 0 Å². The Morgan fingerprint density at radius 3 is 1.16 bits per heavy atom. The van der Waals surface area contributed by atoms with Crippen LogP contribution in [0.5, 0.6) is 0 Å². The van der Waals surface area contributed by atoms with Crippen molar-refractivity contribution in [3.05, 3.63) is 113 Å².